The highest BCUT2D eigenvalue weighted by atomic mass is 19.1. The standard InChI is InChI=1S/C9H8FNO/c1-12-9(6-11)7-3-2-4-8(10)5-7/h2-5,9H,1H3/t9-/m1/s1. The van der Waals surface area contributed by atoms with Crippen LogP contribution in [0.1, 0.15) is 11.7 Å². The molecule has 0 spiro atoms. The van der Waals surface area contributed by atoms with E-state index in [0.29, 0.717) is 5.56 Å². The number of benzene rings is 1. The Kier molecular flexibility index (Phi) is 2.78. The van der Waals surface area contributed by atoms with Crippen LogP contribution in [0.5, 0.6) is 0 Å². The molecule has 0 aliphatic carbocycles. The molecule has 0 aliphatic heterocycles. The first kappa shape index (κ1) is 8.69. The summed E-state index contributed by atoms with van der Waals surface area (Å²) in [6, 6.07) is 7.73. The minimum absolute atomic E-state index is 0.357. The van der Waals surface area contributed by atoms with E-state index >= 15 is 0 Å². The van der Waals surface area contributed by atoms with Crippen LogP contribution in [0.2, 0.25) is 0 Å². The Hall–Kier alpha value is -1.40. The van der Waals surface area contributed by atoms with Crippen molar-refractivity contribution in [3.63, 3.8) is 0 Å². The van der Waals surface area contributed by atoms with Crippen LogP contribution in [0.25, 0.3) is 0 Å². The number of hydrogen-bond acceptors (Lipinski definition) is 2. The monoisotopic (exact) mass is 165 g/mol. The van der Waals surface area contributed by atoms with Gasteiger partial charge in [0.2, 0.25) is 0 Å². The molecule has 0 bridgehead atoms. The topological polar surface area (TPSA) is 33.0 Å². The van der Waals surface area contributed by atoms with Gasteiger partial charge in [-0.3, -0.25) is 0 Å². The Morgan fingerprint density at radius 3 is 2.83 bits per heavy atom. The van der Waals surface area contributed by atoms with Crippen LogP contribution in [-0.2, 0) is 4.74 Å². The second-order valence-corrected chi connectivity index (χ2v) is 2.30. The third-order valence-corrected chi connectivity index (χ3v) is 1.50. The molecule has 62 valence electrons. The van der Waals surface area contributed by atoms with E-state index in [9.17, 15) is 4.39 Å². The molecule has 0 unspecified atom stereocenters. The van der Waals surface area contributed by atoms with E-state index in [1.807, 2.05) is 6.07 Å². The number of hydrogen-bond donors (Lipinski definition) is 0. The molecule has 0 radical (unpaired) electrons. The highest BCUT2D eigenvalue weighted by molar-refractivity contribution is 5.22. The maximum absolute atomic E-state index is 12.6. The average molecular weight is 165 g/mol. The van der Waals surface area contributed by atoms with Gasteiger partial charge in [-0.1, -0.05) is 12.1 Å². The van der Waals surface area contributed by atoms with Crippen molar-refractivity contribution in [2.45, 2.75) is 6.10 Å². The SMILES string of the molecule is CO[C@H](C#N)c1cccc(F)c1. The number of rotatable bonds is 2. The van der Waals surface area contributed by atoms with Crippen LogP contribution in [0, 0.1) is 17.1 Å². The predicted octanol–water partition coefficient (Wildman–Crippen LogP) is 2.04. The van der Waals surface area contributed by atoms with E-state index in [-0.39, 0.29) is 5.82 Å². The van der Waals surface area contributed by atoms with Crippen molar-refractivity contribution >= 4 is 0 Å². The molecule has 0 aromatic heterocycles. The van der Waals surface area contributed by atoms with Gasteiger partial charge < -0.3 is 4.74 Å². The van der Waals surface area contributed by atoms with Gasteiger partial charge in [0.15, 0.2) is 6.10 Å². The molecule has 1 aromatic rings. The molecular weight excluding hydrogens is 157 g/mol. The summed E-state index contributed by atoms with van der Waals surface area (Å²) in [7, 11) is 1.42. The molecule has 3 heteroatoms. The second kappa shape index (κ2) is 3.84. The molecule has 12 heavy (non-hydrogen) atoms. The molecule has 0 heterocycles. The lowest BCUT2D eigenvalue weighted by molar-refractivity contribution is 0.148. The lowest BCUT2D eigenvalue weighted by Crippen LogP contribution is -1.97. The van der Waals surface area contributed by atoms with E-state index in [0.717, 1.165) is 0 Å². The average Bonchev–Trinajstić information content (AvgIpc) is 2.07. The summed E-state index contributed by atoms with van der Waals surface area (Å²) in [6.45, 7) is 0. The minimum atomic E-state index is -0.680. The van der Waals surface area contributed by atoms with Crippen LogP contribution in [0.3, 0.4) is 0 Å². The third-order valence-electron chi connectivity index (χ3n) is 1.50. The van der Waals surface area contributed by atoms with Gasteiger partial charge in [-0.15, -0.1) is 0 Å². The largest absolute Gasteiger partial charge is 0.362 e. The molecule has 0 N–H and O–H groups in total. The number of ether oxygens (including phenoxy) is 1. The van der Waals surface area contributed by atoms with Crippen LogP contribution >= 0.6 is 0 Å². The first-order chi connectivity index (χ1) is 5.77. The highest BCUT2D eigenvalue weighted by Crippen LogP contribution is 2.15. The molecule has 1 atom stereocenters. The fraction of sp³-hybridized carbons (Fsp3) is 0.222. The van der Waals surface area contributed by atoms with E-state index in [1.165, 1.54) is 19.2 Å². The normalized spacial score (nSPS) is 12.1. The molecule has 2 nitrogen and oxygen atoms in total. The summed E-state index contributed by atoms with van der Waals surface area (Å²) in [5.41, 5.74) is 0.542. The summed E-state index contributed by atoms with van der Waals surface area (Å²) < 4.78 is 17.4. The van der Waals surface area contributed by atoms with Gasteiger partial charge in [0.25, 0.3) is 0 Å². The van der Waals surface area contributed by atoms with E-state index in [2.05, 4.69) is 0 Å². The van der Waals surface area contributed by atoms with Gasteiger partial charge in [0.05, 0.1) is 6.07 Å². The van der Waals surface area contributed by atoms with Gasteiger partial charge in [0, 0.05) is 7.11 Å². The maximum atomic E-state index is 12.6. The lowest BCUT2D eigenvalue weighted by Gasteiger charge is -2.05. The summed E-state index contributed by atoms with van der Waals surface area (Å²) in [5, 5.41) is 8.57. The van der Waals surface area contributed by atoms with Gasteiger partial charge >= 0.3 is 0 Å². The van der Waals surface area contributed by atoms with Crippen molar-refractivity contribution in [3.05, 3.63) is 35.6 Å². The Bertz CT molecular complexity index is 306. The number of nitrogens with zero attached hydrogens (tertiary/aromatic N) is 1. The van der Waals surface area contributed by atoms with Crippen LogP contribution in [-0.4, -0.2) is 7.11 Å². The zero-order valence-electron chi connectivity index (χ0n) is 6.62. The van der Waals surface area contributed by atoms with Crippen LogP contribution in [0.15, 0.2) is 24.3 Å². The van der Waals surface area contributed by atoms with Crippen molar-refractivity contribution in [3.8, 4) is 6.07 Å². The van der Waals surface area contributed by atoms with Crippen LogP contribution < -0.4 is 0 Å². The Morgan fingerprint density at radius 1 is 1.58 bits per heavy atom. The van der Waals surface area contributed by atoms with Gasteiger partial charge in [-0.2, -0.15) is 5.26 Å². The number of methoxy groups -OCH3 is 1. The van der Waals surface area contributed by atoms with Gasteiger partial charge in [-0.05, 0) is 17.7 Å². The quantitative estimate of drug-likeness (QED) is 0.671. The summed E-state index contributed by atoms with van der Waals surface area (Å²) in [4.78, 5) is 0. The van der Waals surface area contributed by atoms with Crippen molar-refractivity contribution in [1.29, 1.82) is 5.26 Å². The Labute approximate surface area is 70.2 Å². The lowest BCUT2D eigenvalue weighted by atomic mass is 10.1. The fourth-order valence-corrected chi connectivity index (χ4v) is 0.933. The molecule has 0 saturated carbocycles. The van der Waals surface area contributed by atoms with Gasteiger partial charge in [-0.25, -0.2) is 4.39 Å². The summed E-state index contributed by atoms with van der Waals surface area (Å²) >= 11 is 0. The predicted molar refractivity (Wildman–Crippen MR) is 41.8 cm³/mol. The molecule has 0 aliphatic rings. The molecule has 0 fully saturated rings. The Morgan fingerprint density at radius 2 is 2.33 bits per heavy atom. The van der Waals surface area contributed by atoms with Gasteiger partial charge in [0.1, 0.15) is 5.82 Å². The molecular formula is C9H8FNO. The first-order valence-corrected chi connectivity index (χ1v) is 3.46. The zero-order chi connectivity index (χ0) is 8.97. The molecule has 1 aromatic carbocycles. The minimum Gasteiger partial charge on any atom is -0.362 e. The van der Waals surface area contributed by atoms with Crippen molar-refractivity contribution < 1.29 is 9.13 Å². The molecule has 0 amide bonds. The molecule has 0 saturated heterocycles. The van der Waals surface area contributed by atoms with E-state index < -0.39 is 6.10 Å². The summed E-state index contributed by atoms with van der Waals surface area (Å²) in [5.74, 6) is -0.357. The summed E-state index contributed by atoms with van der Waals surface area (Å²) in [6.07, 6.45) is -0.680. The first-order valence-electron chi connectivity index (χ1n) is 3.46. The smallest absolute Gasteiger partial charge is 0.168 e. The van der Waals surface area contributed by atoms with Crippen molar-refractivity contribution in [2.24, 2.45) is 0 Å². The second-order valence-electron chi connectivity index (χ2n) is 2.30. The highest BCUT2D eigenvalue weighted by Gasteiger charge is 2.08. The van der Waals surface area contributed by atoms with E-state index in [4.69, 9.17) is 10.00 Å². The van der Waals surface area contributed by atoms with Crippen molar-refractivity contribution in [1.82, 2.24) is 0 Å². The van der Waals surface area contributed by atoms with Crippen LogP contribution in [0.4, 0.5) is 4.39 Å². The number of halogens is 1. The molecule has 1 rings (SSSR count). The third kappa shape index (κ3) is 1.80. The fourth-order valence-electron chi connectivity index (χ4n) is 0.933. The number of nitriles is 1. The zero-order valence-corrected chi connectivity index (χ0v) is 6.62. The Balaban J connectivity index is 2.95. The van der Waals surface area contributed by atoms with Crippen molar-refractivity contribution in [2.75, 3.05) is 7.11 Å². The van der Waals surface area contributed by atoms with E-state index in [1.54, 1.807) is 12.1 Å². The maximum Gasteiger partial charge on any atom is 0.168 e.